The van der Waals surface area contributed by atoms with Crippen LogP contribution in [0.1, 0.15) is 28.4 Å². The number of benzene rings is 4. The second-order valence-electron chi connectivity index (χ2n) is 9.23. The molecular formula is C33H28N4O3. The lowest BCUT2D eigenvalue weighted by molar-refractivity contribution is -0.115. The van der Waals surface area contributed by atoms with Crippen LogP contribution in [0.3, 0.4) is 0 Å². The van der Waals surface area contributed by atoms with Crippen molar-refractivity contribution in [2.45, 2.75) is 13.3 Å². The van der Waals surface area contributed by atoms with E-state index in [1.165, 1.54) is 0 Å². The first-order valence-corrected chi connectivity index (χ1v) is 12.8. The van der Waals surface area contributed by atoms with Gasteiger partial charge in [0.15, 0.2) is 0 Å². The number of methoxy groups -OCH3 is 1. The highest BCUT2D eigenvalue weighted by Crippen LogP contribution is 2.25. The average Bonchev–Trinajstić information content (AvgIpc) is 3.00. The number of aromatic nitrogens is 1. The Labute approximate surface area is 232 Å². The molecule has 0 unspecified atom stereocenters. The lowest BCUT2D eigenvalue weighted by Crippen LogP contribution is -2.20. The molecule has 1 heterocycles. The maximum Gasteiger partial charge on any atom is 0.272 e. The fourth-order valence-electron chi connectivity index (χ4n) is 4.31. The number of ether oxygens (including phenoxy) is 1. The second-order valence-corrected chi connectivity index (χ2v) is 9.23. The number of carbonyl (C=O) groups excluding carboxylic acids is 2. The zero-order valence-corrected chi connectivity index (χ0v) is 22.2. The standard InChI is InChI=1S/C33H28N4O3/c1-22(24-14-16-26(17-15-24)34-32(38)20-23-12-18-27(40-2)19-13-23)36-37-33(39)29-21-31(25-8-4-3-5-9-25)35-30-11-7-6-10-28(29)30/h3-19,21H,20H2,1-2H3,(H,34,38)(H,37,39). The fraction of sp³-hybridized carbons (Fsp3) is 0.0909. The molecule has 0 spiro atoms. The Bertz CT molecular complexity index is 1680. The summed E-state index contributed by atoms with van der Waals surface area (Å²) in [6.07, 6.45) is 0.258. The van der Waals surface area contributed by atoms with Crippen molar-refractivity contribution in [2.24, 2.45) is 5.10 Å². The van der Waals surface area contributed by atoms with Crippen LogP contribution < -0.4 is 15.5 Å². The van der Waals surface area contributed by atoms with E-state index in [0.29, 0.717) is 17.0 Å². The van der Waals surface area contributed by atoms with Crippen molar-refractivity contribution in [1.82, 2.24) is 10.4 Å². The highest BCUT2D eigenvalue weighted by molar-refractivity contribution is 6.08. The molecule has 0 bridgehead atoms. The van der Waals surface area contributed by atoms with Crippen molar-refractivity contribution >= 4 is 34.1 Å². The lowest BCUT2D eigenvalue weighted by Gasteiger charge is -2.10. The fourth-order valence-corrected chi connectivity index (χ4v) is 4.31. The first kappa shape index (κ1) is 26.3. The smallest absolute Gasteiger partial charge is 0.272 e. The monoisotopic (exact) mass is 528 g/mol. The molecule has 4 aromatic carbocycles. The molecule has 0 atom stereocenters. The van der Waals surface area contributed by atoms with Crippen LogP contribution in [-0.4, -0.2) is 29.6 Å². The Hall–Kier alpha value is -5.30. The molecule has 0 fully saturated rings. The third kappa shape index (κ3) is 6.22. The molecular weight excluding hydrogens is 500 g/mol. The molecule has 0 aliphatic rings. The number of hydrogen-bond donors (Lipinski definition) is 2. The van der Waals surface area contributed by atoms with Gasteiger partial charge in [0.2, 0.25) is 5.91 Å². The summed E-state index contributed by atoms with van der Waals surface area (Å²) < 4.78 is 5.16. The van der Waals surface area contributed by atoms with Crippen LogP contribution in [0, 0.1) is 0 Å². The van der Waals surface area contributed by atoms with Crippen molar-refractivity contribution in [3.05, 3.63) is 126 Å². The third-order valence-electron chi connectivity index (χ3n) is 6.47. The van der Waals surface area contributed by atoms with E-state index in [1.54, 1.807) is 13.2 Å². The van der Waals surface area contributed by atoms with E-state index in [0.717, 1.165) is 39.0 Å². The number of rotatable bonds is 8. The van der Waals surface area contributed by atoms with E-state index in [-0.39, 0.29) is 18.2 Å². The van der Waals surface area contributed by atoms with Crippen LogP contribution in [0.4, 0.5) is 5.69 Å². The van der Waals surface area contributed by atoms with Crippen LogP contribution in [0.25, 0.3) is 22.2 Å². The Balaban J connectivity index is 1.26. The van der Waals surface area contributed by atoms with Crippen molar-refractivity contribution in [3.63, 3.8) is 0 Å². The molecule has 0 saturated carbocycles. The van der Waals surface area contributed by atoms with Gasteiger partial charge in [-0.2, -0.15) is 5.10 Å². The molecule has 0 saturated heterocycles. The van der Waals surface area contributed by atoms with Gasteiger partial charge >= 0.3 is 0 Å². The number of amides is 2. The van der Waals surface area contributed by atoms with Gasteiger partial charge in [0, 0.05) is 16.6 Å². The number of fused-ring (bicyclic) bond motifs is 1. The maximum atomic E-state index is 13.2. The number of nitrogens with one attached hydrogen (secondary N) is 2. The Morgan fingerprint density at radius 2 is 1.55 bits per heavy atom. The normalized spacial score (nSPS) is 11.2. The second kappa shape index (κ2) is 12.0. The quantitative estimate of drug-likeness (QED) is 0.184. The summed E-state index contributed by atoms with van der Waals surface area (Å²) in [4.78, 5) is 30.4. The average molecular weight is 529 g/mol. The van der Waals surface area contributed by atoms with Gasteiger partial charge in [-0.3, -0.25) is 9.59 Å². The zero-order valence-electron chi connectivity index (χ0n) is 22.2. The maximum absolute atomic E-state index is 13.2. The Morgan fingerprint density at radius 1 is 0.850 bits per heavy atom. The number of anilines is 1. The SMILES string of the molecule is COc1ccc(CC(=O)Nc2ccc(C(C)=NNC(=O)c3cc(-c4ccccc4)nc4ccccc34)cc2)cc1. The number of hydrazone groups is 1. The van der Waals surface area contributed by atoms with E-state index in [4.69, 9.17) is 9.72 Å². The van der Waals surface area contributed by atoms with Gasteiger partial charge in [-0.05, 0) is 54.4 Å². The van der Waals surface area contributed by atoms with E-state index in [9.17, 15) is 9.59 Å². The number of hydrogen-bond acceptors (Lipinski definition) is 5. The first-order valence-electron chi connectivity index (χ1n) is 12.8. The summed E-state index contributed by atoms with van der Waals surface area (Å²) in [5, 5.41) is 8.00. The minimum atomic E-state index is -0.322. The highest BCUT2D eigenvalue weighted by Gasteiger charge is 2.14. The molecule has 1 aromatic heterocycles. The molecule has 40 heavy (non-hydrogen) atoms. The van der Waals surface area contributed by atoms with Crippen molar-refractivity contribution in [3.8, 4) is 17.0 Å². The van der Waals surface area contributed by atoms with E-state index < -0.39 is 0 Å². The van der Waals surface area contributed by atoms with E-state index >= 15 is 0 Å². The third-order valence-corrected chi connectivity index (χ3v) is 6.47. The van der Waals surface area contributed by atoms with Crippen molar-refractivity contribution < 1.29 is 14.3 Å². The molecule has 7 heteroatoms. The summed E-state index contributed by atoms with van der Waals surface area (Å²) in [5.74, 6) is 0.312. The predicted octanol–water partition coefficient (Wildman–Crippen LogP) is 6.25. The molecule has 2 amide bonds. The van der Waals surface area contributed by atoms with Crippen LogP contribution >= 0.6 is 0 Å². The number of carbonyl (C=O) groups is 2. The Kier molecular flexibility index (Phi) is 7.92. The van der Waals surface area contributed by atoms with Gasteiger partial charge in [0.05, 0.1) is 36.0 Å². The largest absolute Gasteiger partial charge is 0.497 e. The number of pyridine rings is 1. The molecule has 198 valence electrons. The van der Waals surface area contributed by atoms with Crippen LogP contribution in [0.15, 0.2) is 114 Å². The minimum absolute atomic E-state index is 0.116. The molecule has 5 rings (SSSR count). The summed E-state index contributed by atoms with van der Waals surface area (Å²) in [7, 11) is 1.61. The summed E-state index contributed by atoms with van der Waals surface area (Å²) in [6.45, 7) is 1.82. The summed E-state index contributed by atoms with van der Waals surface area (Å²) >= 11 is 0. The van der Waals surface area contributed by atoms with Gasteiger partial charge in [0.1, 0.15) is 5.75 Å². The van der Waals surface area contributed by atoms with E-state index in [1.807, 2.05) is 110 Å². The lowest BCUT2D eigenvalue weighted by atomic mass is 10.0. The predicted molar refractivity (Wildman–Crippen MR) is 159 cm³/mol. The van der Waals surface area contributed by atoms with Gasteiger partial charge < -0.3 is 10.1 Å². The minimum Gasteiger partial charge on any atom is -0.497 e. The van der Waals surface area contributed by atoms with Gasteiger partial charge in [-0.1, -0.05) is 72.8 Å². The van der Waals surface area contributed by atoms with Gasteiger partial charge in [0.25, 0.3) is 5.91 Å². The Morgan fingerprint density at radius 3 is 2.27 bits per heavy atom. The molecule has 5 aromatic rings. The van der Waals surface area contributed by atoms with Gasteiger partial charge in [-0.15, -0.1) is 0 Å². The molecule has 7 nitrogen and oxygen atoms in total. The summed E-state index contributed by atoms with van der Waals surface area (Å²) in [5.41, 5.74) is 8.59. The van der Waals surface area contributed by atoms with Crippen LogP contribution in [-0.2, 0) is 11.2 Å². The highest BCUT2D eigenvalue weighted by atomic mass is 16.5. The van der Waals surface area contributed by atoms with Crippen LogP contribution in [0.5, 0.6) is 5.75 Å². The number of nitrogens with zero attached hydrogens (tertiary/aromatic N) is 2. The van der Waals surface area contributed by atoms with Crippen LogP contribution in [0.2, 0.25) is 0 Å². The van der Waals surface area contributed by atoms with Crippen molar-refractivity contribution in [2.75, 3.05) is 12.4 Å². The topological polar surface area (TPSA) is 92.7 Å². The van der Waals surface area contributed by atoms with Gasteiger partial charge in [-0.25, -0.2) is 10.4 Å². The molecule has 0 radical (unpaired) electrons. The summed E-state index contributed by atoms with van der Waals surface area (Å²) in [6, 6.07) is 33.8. The molecule has 2 N–H and O–H groups in total. The molecule has 0 aliphatic heterocycles. The molecule has 0 aliphatic carbocycles. The van der Waals surface area contributed by atoms with E-state index in [2.05, 4.69) is 15.8 Å². The zero-order chi connectivity index (χ0) is 27.9. The first-order chi connectivity index (χ1) is 19.5. The van der Waals surface area contributed by atoms with Crippen molar-refractivity contribution in [1.29, 1.82) is 0 Å². The number of para-hydroxylation sites is 1.